The lowest BCUT2D eigenvalue weighted by Crippen LogP contribution is -2.52. The summed E-state index contributed by atoms with van der Waals surface area (Å²) in [6.45, 7) is 10.2. The minimum absolute atomic E-state index is 0.0675. The molecular weight excluding hydrogens is 611 g/mol. The van der Waals surface area contributed by atoms with Crippen LogP contribution in [0.1, 0.15) is 30.9 Å². The number of hydroxylamine groups is 1. The number of amides is 1. The number of rotatable bonds is 9. The first-order valence-corrected chi connectivity index (χ1v) is 16.0. The lowest BCUT2D eigenvalue weighted by Gasteiger charge is -2.43. The number of piperazine rings is 1. The summed E-state index contributed by atoms with van der Waals surface area (Å²) in [4.78, 5) is 34.6. The molecule has 0 saturated carbocycles. The number of hydrogen-bond acceptors (Lipinski definition) is 10. The van der Waals surface area contributed by atoms with Gasteiger partial charge < -0.3 is 25.2 Å². The van der Waals surface area contributed by atoms with Crippen LogP contribution in [-0.4, -0.2) is 91.7 Å². The number of ether oxygens (including phenoxy) is 1. The number of anilines is 5. The van der Waals surface area contributed by atoms with Crippen LogP contribution in [0.5, 0.6) is 5.75 Å². The van der Waals surface area contributed by atoms with Gasteiger partial charge in [-0.3, -0.25) is 14.5 Å². The minimum atomic E-state index is -0.481. The van der Waals surface area contributed by atoms with Crippen molar-refractivity contribution in [1.82, 2.24) is 19.8 Å². The zero-order valence-electron chi connectivity index (χ0n) is 26.2. The Balaban J connectivity index is 1.23. The van der Waals surface area contributed by atoms with Crippen LogP contribution < -0.4 is 25.3 Å². The normalized spacial score (nSPS) is 19.7. The number of benzene rings is 2. The number of aromatic nitrogens is 2. The molecule has 4 heterocycles. The molecule has 0 spiro atoms. The van der Waals surface area contributed by atoms with E-state index >= 15 is 0 Å². The van der Waals surface area contributed by atoms with E-state index in [0.29, 0.717) is 53.4 Å². The second-order valence-corrected chi connectivity index (χ2v) is 12.2. The molecule has 1 aromatic heterocycles. The minimum Gasteiger partial charge on any atom is -0.494 e. The molecule has 3 aromatic rings. The van der Waals surface area contributed by atoms with Gasteiger partial charge in [0.1, 0.15) is 23.7 Å². The molecule has 3 saturated heterocycles. The van der Waals surface area contributed by atoms with Crippen molar-refractivity contribution >= 4 is 46.2 Å². The number of piperidine rings is 1. The maximum Gasteiger partial charge on any atom is 0.247 e. The average Bonchev–Trinajstić information content (AvgIpc) is 3.57. The number of likely N-dealkylation sites (N-methyl/N-ethyl adjacent to an activating group) is 1. The van der Waals surface area contributed by atoms with Crippen LogP contribution in [-0.2, 0) is 9.63 Å². The van der Waals surface area contributed by atoms with Crippen LogP contribution in [0.2, 0.25) is 5.02 Å². The fourth-order valence-electron chi connectivity index (χ4n) is 6.47. The molecule has 3 aliphatic rings. The predicted molar refractivity (Wildman–Crippen MR) is 179 cm³/mol. The van der Waals surface area contributed by atoms with E-state index in [9.17, 15) is 9.18 Å². The van der Waals surface area contributed by atoms with E-state index in [4.69, 9.17) is 21.2 Å². The second-order valence-electron chi connectivity index (χ2n) is 11.8. The van der Waals surface area contributed by atoms with Gasteiger partial charge in [-0.1, -0.05) is 30.3 Å². The first-order chi connectivity index (χ1) is 22.3. The highest BCUT2D eigenvalue weighted by molar-refractivity contribution is 6.31. The van der Waals surface area contributed by atoms with Gasteiger partial charge in [0, 0.05) is 63.9 Å². The first-order valence-electron chi connectivity index (χ1n) is 15.6. The fourth-order valence-corrected chi connectivity index (χ4v) is 6.72. The van der Waals surface area contributed by atoms with Crippen molar-refractivity contribution in [3.63, 3.8) is 0 Å². The lowest BCUT2D eigenvalue weighted by atomic mass is 10.0. The summed E-state index contributed by atoms with van der Waals surface area (Å²) in [5.74, 6) is 0.770. The standard InChI is InChI=1S/C33H40ClFN8O3/c1-4-32(44)39-25-18-26(29(45-3)19-28(25)42-11-8-22(9-12-42)41-15-13-40(2)14-16-41)38-30-20-31(37-21-36-30)43-27(10-17-46-43)23-6-5-7-24(35)33(23)34/h4-7,18-22,27H,1,8-17H2,2-3H3,(H,39,44)(H,36,37,38)/t27-/m1/s1. The van der Waals surface area contributed by atoms with Gasteiger partial charge in [-0.15, -0.1) is 0 Å². The number of hydrogen-bond donors (Lipinski definition) is 2. The molecule has 1 amide bonds. The molecule has 11 nitrogen and oxygen atoms in total. The maximum atomic E-state index is 14.3. The number of carbonyl (C=O) groups excluding carboxylic acids is 1. The van der Waals surface area contributed by atoms with Gasteiger partial charge in [0.25, 0.3) is 0 Å². The third-order valence-corrected chi connectivity index (χ3v) is 9.41. The largest absolute Gasteiger partial charge is 0.494 e. The highest BCUT2D eigenvalue weighted by Crippen LogP contribution is 2.41. The van der Waals surface area contributed by atoms with Crippen molar-refractivity contribution in [2.45, 2.75) is 31.3 Å². The van der Waals surface area contributed by atoms with Crippen molar-refractivity contribution in [2.75, 3.05) is 80.6 Å². The van der Waals surface area contributed by atoms with Gasteiger partial charge in [0.05, 0.1) is 41.8 Å². The summed E-state index contributed by atoms with van der Waals surface area (Å²) >= 11 is 6.32. The van der Waals surface area contributed by atoms with E-state index < -0.39 is 5.82 Å². The molecule has 46 heavy (non-hydrogen) atoms. The lowest BCUT2D eigenvalue weighted by molar-refractivity contribution is -0.111. The fraction of sp³-hybridized carbons (Fsp3) is 0.424. The Labute approximate surface area is 273 Å². The van der Waals surface area contributed by atoms with Crippen molar-refractivity contribution in [3.05, 3.63) is 71.8 Å². The van der Waals surface area contributed by atoms with E-state index in [2.05, 4.69) is 48.9 Å². The molecule has 1 atom stereocenters. The number of halogens is 2. The van der Waals surface area contributed by atoms with Crippen LogP contribution in [0.3, 0.4) is 0 Å². The van der Waals surface area contributed by atoms with Crippen LogP contribution >= 0.6 is 11.6 Å². The van der Waals surface area contributed by atoms with E-state index in [0.717, 1.165) is 57.8 Å². The van der Waals surface area contributed by atoms with E-state index in [1.807, 2.05) is 12.1 Å². The van der Waals surface area contributed by atoms with Gasteiger partial charge in [-0.25, -0.2) is 19.4 Å². The number of nitrogens with one attached hydrogen (secondary N) is 2. The smallest absolute Gasteiger partial charge is 0.247 e. The number of nitrogens with zero attached hydrogens (tertiary/aromatic N) is 6. The highest BCUT2D eigenvalue weighted by Gasteiger charge is 2.32. The molecule has 3 aliphatic heterocycles. The summed E-state index contributed by atoms with van der Waals surface area (Å²) < 4.78 is 20.1. The quantitative estimate of drug-likeness (QED) is 0.299. The Morgan fingerprint density at radius 2 is 1.87 bits per heavy atom. The summed E-state index contributed by atoms with van der Waals surface area (Å²) in [5.41, 5.74) is 2.76. The SMILES string of the molecule is C=CC(=O)Nc1cc(Nc2cc(N3OCC[C@@H]3c3cccc(F)c3Cl)ncn2)c(OC)cc1N1CCC(N2CCN(C)CC2)CC1. The topological polar surface area (TPSA) is 98.3 Å². The van der Waals surface area contributed by atoms with Gasteiger partial charge in [-0.2, -0.15) is 0 Å². The Hall–Kier alpha value is -3.97. The predicted octanol–water partition coefficient (Wildman–Crippen LogP) is 5.25. The molecule has 6 rings (SSSR count). The molecule has 2 aromatic carbocycles. The van der Waals surface area contributed by atoms with Gasteiger partial charge in [0.15, 0.2) is 5.82 Å². The van der Waals surface area contributed by atoms with Gasteiger partial charge in [-0.05, 0) is 43.7 Å². The van der Waals surface area contributed by atoms with Crippen LogP contribution in [0.4, 0.5) is 33.1 Å². The van der Waals surface area contributed by atoms with Gasteiger partial charge >= 0.3 is 0 Å². The summed E-state index contributed by atoms with van der Waals surface area (Å²) in [6.07, 6.45) is 5.39. The molecule has 0 radical (unpaired) electrons. The third-order valence-electron chi connectivity index (χ3n) is 9.01. The molecule has 0 bridgehead atoms. The molecule has 0 aliphatic carbocycles. The Morgan fingerprint density at radius 1 is 1.09 bits per heavy atom. The third kappa shape index (κ3) is 6.90. The first kappa shape index (κ1) is 32.0. The van der Waals surface area contributed by atoms with E-state index in [1.54, 1.807) is 30.4 Å². The van der Waals surface area contributed by atoms with Crippen molar-refractivity contribution in [1.29, 1.82) is 0 Å². The van der Waals surface area contributed by atoms with Crippen molar-refractivity contribution in [2.24, 2.45) is 0 Å². The Kier molecular flexibility index (Phi) is 9.88. The molecule has 0 unspecified atom stereocenters. The second kappa shape index (κ2) is 14.2. The van der Waals surface area contributed by atoms with Crippen molar-refractivity contribution < 1.29 is 18.8 Å². The maximum absolute atomic E-state index is 14.3. The summed E-state index contributed by atoms with van der Waals surface area (Å²) in [7, 11) is 3.79. The monoisotopic (exact) mass is 650 g/mol. The molecule has 2 N–H and O–H groups in total. The van der Waals surface area contributed by atoms with Gasteiger partial charge in [0.2, 0.25) is 5.91 Å². The zero-order valence-corrected chi connectivity index (χ0v) is 27.0. The average molecular weight is 651 g/mol. The Bertz CT molecular complexity index is 1560. The van der Waals surface area contributed by atoms with E-state index in [1.165, 1.54) is 18.5 Å². The molecular formula is C33H40ClFN8O3. The van der Waals surface area contributed by atoms with Crippen LogP contribution in [0, 0.1) is 5.82 Å². The highest BCUT2D eigenvalue weighted by atomic mass is 35.5. The molecule has 13 heteroatoms. The Morgan fingerprint density at radius 3 is 2.61 bits per heavy atom. The molecule has 244 valence electrons. The van der Waals surface area contributed by atoms with Crippen LogP contribution in [0.15, 0.2) is 55.4 Å². The van der Waals surface area contributed by atoms with E-state index in [-0.39, 0.29) is 17.0 Å². The number of methoxy groups -OCH3 is 1. The summed E-state index contributed by atoms with van der Waals surface area (Å²) in [5, 5.41) is 8.02. The number of carbonyl (C=O) groups is 1. The summed E-state index contributed by atoms with van der Waals surface area (Å²) in [6, 6.07) is 10.5. The van der Waals surface area contributed by atoms with Crippen LogP contribution in [0.25, 0.3) is 0 Å². The zero-order chi connectivity index (χ0) is 32.2. The molecule has 3 fully saturated rings. The van der Waals surface area contributed by atoms with Crippen molar-refractivity contribution in [3.8, 4) is 5.75 Å².